The van der Waals surface area contributed by atoms with Gasteiger partial charge in [-0.2, -0.15) is 0 Å². The Morgan fingerprint density at radius 2 is 0.776 bits per heavy atom. The predicted molar refractivity (Wildman–Crippen MR) is 282 cm³/mol. The van der Waals surface area contributed by atoms with Crippen molar-refractivity contribution in [1.29, 1.82) is 0 Å². The van der Waals surface area contributed by atoms with E-state index in [4.69, 9.17) is 4.42 Å². The first-order chi connectivity index (χ1) is 33.2. The summed E-state index contributed by atoms with van der Waals surface area (Å²) in [6.07, 6.45) is 0. The molecule has 11 aromatic carbocycles. The number of anilines is 3. The van der Waals surface area contributed by atoms with Gasteiger partial charge in [-0.05, 0) is 117 Å². The Morgan fingerprint density at radius 3 is 1.42 bits per heavy atom. The summed E-state index contributed by atoms with van der Waals surface area (Å²) in [4.78, 5) is 2.38. The van der Waals surface area contributed by atoms with Crippen LogP contribution < -0.4 is 4.90 Å². The molecule has 67 heavy (non-hydrogen) atoms. The number of aromatic nitrogens is 1. The SMILES string of the molecule is c1cc(-c2ccc(-c3ccc(N(c4ccc(-c5ccc(-c6cccc7oc8ccccc8c67)cc5)cc4)c4cccc5ccccc45)cc3)cc2)cc(-n2c3ccccc3c3ccccc32)c1. The average molecular weight is 855 g/mol. The van der Waals surface area contributed by atoms with Gasteiger partial charge in [-0.1, -0.05) is 188 Å². The highest BCUT2D eigenvalue weighted by molar-refractivity contribution is 6.12. The van der Waals surface area contributed by atoms with Crippen LogP contribution in [0.1, 0.15) is 0 Å². The minimum atomic E-state index is 0.910. The van der Waals surface area contributed by atoms with Crippen molar-refractivity contribution in [3.05, 3.63) is 255 Å². The fraction of sp³-hybridized carbons (Fsp3) is 0. The Labute approximate surface area is 388 Å². The quantitative estimate of drug-likeness (QED) is 0.152. The standard InChI is InChI=1S/C64H42N2O/c1-2-16-54-48(12-1)13-10-23-59(54)65(52-40-36-46(37-41-52)44-30-32-49(33-31-44)55-20-11-25-63-64(55)58-19-5-8-24-62(58)67-63)51-38-34-45(35-39-51)43-26-28-47(29-27-43)50-14-9-15-53(42-50)66-60-21-6-3-17-56(60)57-18-4-7-22-61(57)66/h1-42H. The first kappa shape index (κ1) is 38.5. The second-order valence-electron chi connectivity index (χ2n) is 17.3. The molecule has 0 spiro atoms. The molecule has 13 rings (SSSR count). The fourth-order valence-electron chi connectivity index (χ4n) is 10.2. The van der Waals surface area contributed by atoms with Crippen LogP contribution in [0.3, 0.4) is 0 Å². The molecule has 2 aromatic heterocycles. The molecule has 0 aliphatic heterocycles. The van der Waals surface area contributed by atoms with Gasteiger partial charge in [-0.25, -0.2) is 0 Å². The molecule has 314 valence electrons. The van der Waals surface area contributed by atoms with Crippen LogP contribution in [0.15, 0.2) is 259 Å². The molecule has 0 aliphatic rings. The summed E-state index contributed by atoms with van der Waals surface area (Å²) in [5, 5.41) is 7.24. The van der Waals surface area contributed by atoms with Gasteiger partial charge in [0.05, 0.1) is 16.7 Å². The van der Waals surface area contributed by atoms with Crippen molar-refractivity contribution in [2.75, 3.05) is 4.90 Å². The first-order valence-corrected chi connectivity index (χ1v) is 22.9. The van der Waals surface area contributed by atoms with Gasteiger partial charge in [0, 0.05) is 44.0 Å². The molecule has 0 aliphatic carbocycles. The van der Waals surface area contributed by atoms with Crippen LogP contribution in [-0.4, -0.2) is 4.57 Å². The molecule has 0 amide bonds. The molecule has 0 radical (unpaired) electrons. The van der Waals surface area contributed by atoms with Crippen molar-refractivity contribution in [3.8, 4) is 50.2 Å². The van der Waals surface area contributed by atoms with E-state index in [9.17, 15) is 0 Å². The summed E-state index contributed by atoms with van der Waals surface area (Å²) in [6, 6.07) is 91.9. The normalized spacial score (nSPS) is 11.6. The van der Waals surface area contributed by atoms with Crippen LogP contribution in [0.2, 0.25) is 0 Å². The topological polar surface area (TPSA) is 21.3 Å². The lowest BCUT2D eigenvalue weighted by molar-refractivity contribution is 0.669. The molecular weight excluding hydrogens is 813 g/mol. The maximum absolute atomic E-state index is 6.19. The molecule has 0 atom stereocenters. The Hall–Kier alpha value is -8.92. The van der Waals surface area contributed by atoms with E-state index in [1.807, 2.05) is 12.1 Å². The molecule has 0 fully saturated rings. The second kappa shape index (κ2) is 16.0. The van der Waals surface area contributed by atoms with E-state index in [-0.39, 0.29) is 0 Å². The van der Waals surface area contributed by atoms with Crippen LogP contribution in [0.4, 0.5) is 17.1 Å². The number of benzene rings is 11. The largest absolute Gasteiger partial charge is 0.456 e. The molecule has 13 aromatic rings. The van der Waals surface area contributed by atoms with Gasteiger partial charge < -0.3 is 13.9 Å². The zero-order valence-electron chi connectivity index (χ0n) is 36.6. The third-order valence-corrected chi connectivity index (χ3v) is 13.4. The number of furan rings is 1. The number of nitrogens with zero attached hydrogens (tertiary/aromatic N) is 2. The maximum Gasteiger partial charge on any atom is 0.136 e. The number of fused-ring (bicyclic) bond motifs is 7. The van der Waals surface area contributed by atoms with E-state index in [1.165, 1.54) is 71.5 Å². The zero-order valence-corrected chi connectivity index (χ0v) is 36.6. The molecule has 0 bridgehead atoms. The van der Waals surface area contributed by atoms with Gasteiger partial charge in [0.15, 0.2) is 0 Å². The Morgan fingerprint density at radius 1 is 0.313 bits per heavy atom. The van der Waals surface area contributed by atoms with Gasteiger partial charge in [0.2, 0.25) is 0 Å². The lowest BCUT2D eigenvalue weighted by atomic mass is 9.97. The van der Waals surface area contributed by atoms with E-state index in [0.29, 0.717) is 0 Å². The van der Waals surface area contributed by atoms with Crippen molar-refractivity contribution in [3.63, 3.8) is 0 Å². The Kier molecular flexibility index (Phi) is 9.17. The van der Waals surface area contributed by atoms with Crippen molar-refractivity contribution < 1.29 is 4.42 Å². The molecule has 0 saturated heterocycles. The van der Waals surface area contributed by atoms with Crippen molar-refractivity contribution in [2.45, 2.75) is 0 Å². The molecule has 3 nitrogen and oxygen atoms in total. The Balaban J connectivity index is 0.802. The van der Waals surface area contributed by atoms with E-state index >= 15 is 0 Å². The van der Waals surface area contributed by atoms with Gasteiger partial charge in [0.25, 0.3) is 0 Å². The van der Waals surface area contributed by atoms with Crippen molar-refractivity contribution in [2.24, 2.45) is 0 Å². The third kappa shape index (κ3) is 6.67. The summed E-state index contributed by atoms with van der Waals surface area (Å²) in [5.74, 6) is 0. The Bertz CT molecular complexity index is 3890. The highest BCUT2D eigenvalue weighted by Gasteiger charge is 2.18. The monoisotopic (exact) mass is 854 g/mol. The molecule has 0 saturated carbocycles. The molecule has 3 heteroatoms. The predicted octanol–water partition coefficient (Wildman–Crippen LogP) is 18.0. The molecular formula is C64H42N2O. The van der Waals surface area contributed by atoms with E-state index in [0.717, 1.165) is 50.3 Å². The van der Waals surface area contributed by atoms with Crippen LogP contribution in [0.25, 0.3) is 105 Å². The van der Waals surface area contributed by atoms with E-state index in [2.05, 4.69) is 252 Å². The van der Waals surface area contributed by atoms with Gasteiger partial charge in [0.1, 0.15) is 11.2 Å². The van der Waals surface area contributed by atoms with Gasteiger partial charge >= 0.3 is 0 Å². The summed E-state index contributed by atoms with van der Waals surface area (Å²) < 4.78 is 8.57. The highest BCUT2D eigenvalue weighted by atomic mass is 16.3. The van der Waals surface area contributed by atoms with Crippen LogP contribution in [-0.2, 0) is 0 Å². The maximum atomic E-state index is 6.19. The van der Waals surface area contributed by atoms with Gasteiger partial charge in [-0.15, -0.1) is 0 Å². The third-order valence-electron chi connectivity index (χ3n) is 13.4. The molecule has 0 N–H and O–H groups in total. The molecule has 0 unspecified atom stereocenters. The van der Waals surface area contributed by atoms with Crippen molar-refractivity contribution in [1.82, 2.24) is 4.57 Å². The van der Waals surface area contributed by atoms with Gasteiger partial charge in [-0.3, -0.25) is 0 Å². The molecule has 2 heterocycles. The summed E-state index contributed by atoms with van der Waals surface area (Å²) in [6.45, 7) is 0. The van der Waals surface area contributed by atoms with Crippen LogP contribution in [0.5, 0.6) is 0 Å². The smallest absolute Gasteiger partial charge is 0.136 e. The van der Waals surface area contributed by atoms with E-state index < -0.39 is 0 Å². The lowest BCUT2D eigenvalue weighted by Gasteiger charge is -2.27. The average Bonchev–Trinajstić information content (AvgIpc) is 3.96. The summed E-state index contributed by atoms with van der Waals surface area (Å²) in [5.41, 5.74) is 18.1. The number of para-hydroxylation sites is 3. The van der Waals surface area contributed by atoms with Crippen LogP contribution in [0, 0.1) is 0 Å². The number of rotatable bonds is 8. The lowest BCUT2D eigenvalue weighted by Crippen LogP contribution is -2.10. The fourth-order valence-corrected chi connectivity index (χ4v) is 10.2. The summed E-state index contributed by atoms with van der Waals surface area (Å²) in [7, 11) is 0. The van der Waals surface area contributed by atoms with Crippen molar-refractivity contribution >= 4 is 71.6 Å². The zero-order chi connectivity index (χ0) is 44.3. The minimum Gasteiger partial charge on any atom is -0.456 e. The first-order valence-electron chi connectivity index (χ1n) is 22.9. The minimum absolute atomic E-state index is 0.910. The van der Waals surface area contributed by atoms with E-state index in [1.54, 1.807) is 0 Å². The highest BCUT2D eigenvalue weighted by Crippen LogP contribution is 2.42. The second-order valence-corrected chi connectivity index (χ2v) is 17.3. The summed E-state index contributed by atoms with van der Waals surface area (Å²) >= 11 is 0. The number of hydrogen-bond acceptors (Lipinski definition) is 2. The van der Waals surface area contributed by atoms with Crippen LogP contribution >= 0.6 is 0 Å². The number of hydrogen-bond donors (Lipinski definition) is 0.